The van der Waals surface area contributed by atoms with Crippen LogP contribution in [0.25, 0.3) is 0 Å². The summed E-state index contributed by atoms with van der Waals surface area (Å²) in [5, 5.41) is 0. The molecule has 0 saturated carbocycles. The first kappa shape index (κ1) is 27.5. The van der Waals surface area contributed by atoms with Crippen LogP contribution in [-0.4, -0.2) is 5.97 Å². The van der Waals surface area contributed by atoms with Gasteiger partial charge in [0, 0.05) is 6.92 Å². The molecule has 0 saturated heterocycles. The maximum Gasteiger partial charge on any atom is 0.303 e. The Balaban J connectivity index is 2.99. The van der Waals surface area contributed by atoms with Crippen molar-refractivity contribution in [3.63, 3.8) is 0 Å². The lowest BCUT2D eigenvalue weighted by Gasteiger charge is -2.04. The molecule has 2 nitrogen and oxygen atoms in total. The molecule has 0 amide bonds. The van der Waals surface area contributed by atoms with E-state index in [4.69, 9.17) is 4.74 Å². The highest BCUT2D eigenvalue weighted by atomic mass is 16.5. The normalized spacial score (nSPS) is 11.1. The SMILES string of the molecule is CCCCCCCCCCCCCCCCCCCCCCC[CH]OC(C)=O. The number of unbranched alkanes of at least 4 members (excludes halogenated alkanes) is 21. The van der Waals surface area contributed by atoms with Gasteiger partial charge in [-0.25, -0.2) is 0 Å². The first-order valence-corrected chi connectivity index (χ1v) is 12.8. The summed E-state index contributed by atoms with van der Waals surface area (Å²) in [4.78, 5) is 10.6. The fourth-order valence-corrected chi connectivity index (χ4v) is 3.84. The summed E-state index contributed by atoms with van der Waals surface area (Å²) < 4.78 is 4.82. The molecule has 0 atom stereocenters. The van der Waals surface area contributed by atoms with Gasteiger partial charge in [0.1, 0.15) is 6.61 Å². The highest BCUT2D eigenvalue weighted by Gasteiger charge is 1.97. The number of hydrogen-bond acceptors (Lipinski definition) is 2. The average Bonchev–Trinajstić information content (AvgIpc) is 2.68. The monoisotopic (exact) mass is 395 g/mol. The van der Waals surface area contributed by atoms with Crippen LogP contribution in [0.3, 0.4) is 0 Å². The van der Waals surface area contributed by atoms with E-state index >= 15 is 0 Å². The Morgan fingerprint density at radius 2 is 0.821 bits per heavy atom. The van der Waals surface area contributed by atoms with Crippen molar-refractivity contribution >= 4 is 5.97 Å². The van der Waals surface area contributed by atoms with Gasteiger partial charge in [-0.1, -0.05) is 135 Å². The third-order valence-corrected chi connectivity index (χ3v) is 5.67. The third kappa shape index (κ3) is 25.5. The zero-order valence-corrected chi connectivity index (χ0v) is 19.5. The molecule has 28 heavy (non-hydrogen) atoms. The fraction of sp³-hybridized carbons (Fsp3) is 0.923. The molecular formula is C26H51O2. The Morgan fingerprint density at radius 3 is 1.11 bits per heavy atom. The Hall–Kier alpha value is -0.530. The summed E-state index contributed by atoms with van der Waals surface area (Å²) in [5.41, 5.74) is 0. The van der Waals surface area contributed by atoms with Crippen molar-refractivity contribution in [2.24, 2.45) is 0 Å². The first-order valence-electron chi connectivity index (χ1n) is 12.8. The first-order chi connectivity index (χ1) is 13.8. The highest BCUT2D eigenvalue weighted by Crippen LogP contribution is 2.15. The maximum atomic E-state index is 10.6. The van der Waals surface area contributed by atoms with Gasteiger partial charge in [-0.3, -0.25) is 4.79 Å². The number of carbonyl (C=O) groups excluding carboxylic acids is 1. The second kappa shape index (κ2) is 24.5. The quantitative estimate of drug-likeness (QED) is 0.127. The topological polar surface area (TPSA) is 26.3 Å². The minimum atomic E-state index is -0.205. The second-order valence-electron chi connectivity index (χ2n) is 8.64. The van der Waals surface area contributed by atoms with Gasteiger partial charge < -0.3 is 4.74 Å². The number of ether oxygens (including phenoxy) is 1. The van der Waals surface area contributed by atoms with Crippen LogP contribution in [0.1, 0.15) is 155 Å². The second-order valence-corrected chi connectivity index (χ2v) is 8.64. The van der Waals surface area contributed by atoms with Crippen molar-refractivity contribution in [1.29, 1.82) is 0 Å². The lowest BCUT2D eigenvalue weighted by Crippen LogP contribution is -1.94. The molecule has 0 aliphatic rings. The number of esters is 1. The van der Waals surface area contributed by atoms with Gasteiger partial charge in [-0.15, -0.1) is 0 Å². The summed E-state index contributed by atoms with van der Waals surface area (Å²) in [5.74, 6) is -0.205. The van der Waals surface area contributed by atoms with Crippen LogP contribution in [0.4, 0.5) is 0 Å². The van der Waals surface area contributed by atoms with E-state index in [1.807, 2.05) is 0 Å². The molecule has 0 spiro atoms. The molecule has 167 valence electrons. The largest absolute Gasteiger partial charge is 0.459 e. The predicted molar refractivity (Wildman–Crippen MR) is 123 cm³/mol. The van der Waals surface area contributed by atoms with E-state index in [1.54, 1.807) is 6.61 Å². The van der Waals surface area contributed by atoms with Gasteiger partial charge >= 0.3 is 5.97 Å². The molecule has 0 aromatic rings. The van der Waals surface area contributed by atoms with Crippen LogP contribution in [0.15, 0.2) is 0 Å². The smallest absolute Gasteiger partial charge is 0.303 e. The van der Waals surface area contributed by atoms with Crippen LogP contribution in [0.2, 0.25) is 0 Å². The lowest BCUT2D eigenvalue weighted by atomic mass is 10.0. The summed E-state index contributed by atoms with van der Waals surface area (Å²) in [6.45, 7) is 5.40. The van der Waals surface area contributed by atoms with Gasteiger partial charge in [0.2, 0.25) is 0 Å². The Bertz CT molecular complexity index is 301. The van der Waals surface area contributed by atoms with E-state index in [2.05, 4.69) is 6.92 Å². The van der Waals surface area contributed by atoms with Gasteiger partial charge in [0.15, 0.2) is 0 Å². The van der Waals surface area contributed by atoms with Crippen molar-refractivity contribution in [2.75, 3.05) is 0 Å². The predicted octanol–water partition coefficient (Wildman–Crippen LogP) is 9.31. The van der Waals surface area contributed by atoms with Crippen LogP contribution < -0.4 is 0 Å². The maximum absolute atomic E-state index is 10.6. The third-order valence-electron chi connectivity index (χ3n) is 5.67. The zero-order chi connectivity index (χ0) is 20.5. The van der Waals surface area contributed by atoms with Crippen LogP contribution >= 0.6 is 0 Å². The molecule has 1 radical (unpaired) electrons. The molecule has 0 unspecified atom stereocenters. The summed E-state index contributed by atoms with van der Waals surface area (Å²) >= 11 is 0. The molecule has 0 bridgehead atoms. The molecular weight excluding hydrogens is 344 g/mol. The molecule has 0 aliphatic heterocycles. The van der Waals surface area contributed by atoms with Crippen LogP contribution in [0, 0.1) is 6.61 Å². The van der Waals surface area contributed by atoms with E-state index in [1.165, 1.54) is 135 Å². The molecule has 0 fully saturated rings. The van der Waals surface area contributed by atoms with Crippen molar-refractivity contribution in [3.8, 4) is 0 Å². The van der Waals surface area contributed by atoms with Crippen LogP contribution in [0.5, 0.6) is 0 Å². The van der Waals surface area contributed by atoms with E-state index in [9.17, 15) is 4.79 Å². The standard InChI is InChI=1S/C26H51O2/c1-3-4-5-6-7-8-9-10-11-12-13-14-15-16-17-18-19-20-21-22-23-24-25-28-26(2)27/h25H,3-24H2,1-2H3. The van der Waals surface area contributed by atoms with Crippen LogP contribution in [-0.2, 0) is 9.53 Å². The number of rotatable bonds is 23. The summed E-state index contributed by atoms with van der Waals surface area (Å²) in [6.07, 6.45) is 30.5. The lowest BCUT2D eigenvalue weighted by molar-refractivity contribution is -0.137. The molecule has 0 aromatic carbocycles. The van der Waals surface area contributed by atoms with Crippen molar-refractivity contribution in [3.05, 3.63) is 6.61 Å². The van der Waals surface area contributed by atoms with E-state index < -0.39 is 0 Å². The number of carbonyl (C=O) groups is 1. The zero-order valence-electron chi connectivity index (χ0n) is 19.5. The van der Waals surface area contributed by atoms with Gasteiger partial charge in [0.05, 0.1) is 0 Å². The summed E-state index contributed by atoms with van der Waals surface area (Å²) in [7, 11) is 0. The molecule has 0 N–H and O–H groups in total. The molecule has 0 aliphatic carbocycles. The van der Waals surface area contributed by atoms with E-state index in [0.717, 1.165) is 12.8 Å². The average molecular weight is 396 g/mol. The Labute approximate surface area is 177 Å². The molecule has 0 heterocycles. The highest BCUT2D eigenvalue weighted by molar-refractivity contribution is 5.66. The van der Waals surface area contributed by atoms with E-state index in [0.29, 0.717) is 0 Å². The minimum Gasteiger partial charge on any atom is -0.459 e. The summed E-state index contributed by atoms with van der Waals surface area (Å²) in [6, 6.07) is 0. The van der Waals surface area contributed by atoms with Gasteiger partial charge in [0.25, 0.3) is 0 Å². The number of hydrogen-bond donors (Lipinski definition) is 0. The molecule has 0 rings (SSSR count). The van der Waals surface area contributed by atoms with Crippen molar-refractivity contribution in [1.82, 2.24) is 0 Å². The van der Waals surface area contributed by atoms with Gasteiger partial charge in [-0.05, 0) is 12.8 Å². The van der Waals surface area contributed by atoms with E-state index in [-0.39, 0.29) is 5.97 Å². The molecule has 0 aromatic heterocycles. The minimum absolute atomic E-state index is 0.205. The fourth-order valence-electron chi connectivity index (χ4n) is 3.84. The Kier molecular flexibility index (Phi) is 24.0. The van der Waals surface area contributed by atoms with Crippen molar-refractivity contribution < 1.29 is 9.53 Å². The van der Waals surface area contributed by atoms with Crippen molar-refractivity contribution in [2.45, 2.75) is 155 Å². The Morgan fingerprint density at radius 1 is 0.536 bits per heavy atom. The molecule has 2 heteroatoms. The van der Waals surface area contributed by atoms with Gasteiger partial charge in [-0.2, -0.15) is 0 Å².